The predicted octanol–water partition coefficient (Wildman–Crippen LogP) is 1.84. The van der Waals surface area contributed by atoms with Crippen LogP contribution in [0.5, 0.6) is 0 Å². The first-order valence-corrected chi connectivity index (χ1v) is 5.66. The number of rotatable bonds is 2. The Hall–Kier alpha value is -0.950. The molecule has 0 unspecified atom stereocenters. The van der Waals surface area contributed by atoms with Crippen molar-refractivity contribution in [3.05, 3.63) is 33.2 Å². The molecule has 1 aromatic carbocycles. The molecule has 2 aromatic rings. The van der Waals surface area contributed by atoms with E-state index in [4.69, 9.17) is 5.73 Å². The number of H-pyrrole nitrogens is 1. The van der Waals surface area contributed by atoms with Crippen molar-refractivity contribution >= 4 is 22.6 Å². The Bertz CT molecular complexity index is 478. The van der Waals surface area contributed by atoms with E-state index in [0.717, 1.165) is 26.3 Å². The van der Waals surface area contributed by atoms with E-state index in [9.17, 15) is 0 Å². The summed E-state index contributed by atoms with van der Waals surface area (Å²) in [5.41, 5.74) is 7.79. The van der Waals surface area contributed by atoms with Gasteiger partial charge >= 0.3 is 0 Å². The maximum Gasteiger partial charge on any atom is 0.161 e. The maximum absolute atomic E-state index is 5.60. The zero-order valence-corrected chi connectivity index (χ0v) is 10.4. The Morgan fingerprint density at radius 2 is 2.20 bits per heavy atom. The van der Waals surface area contributed by atoms with Crippen LogP contribution in [-0.2, 0) is 6.54 Å². The average molecular weight is 314 g/mol. The van der Waals surface area contributed by atoms with Crippen LogP contribution in [-0.4, -0.2) is 15.2 Å². The van der Waals surface area contributed by atoms with Gasteiger partial charge in [-0.15, -0.1) is 10.2 Å². The summed E-state index contributed by atoms with van der Waals surface area (Å²) in [7, 11) is 0. The van der Waals surface area contributed by atoms with Crippen LogP contribution < -0.4 is 5.73 Å². The zero-order chi connectivity index (χ0) is 10.8. The topological polar surface area (TPSA) is 67.6 Å². The van der Waals surface area contributed by atoms with Crippen molar-refractivity contribution in [1.29, 1.82) is 0 Å². The second-order valence-corrected chi connectivity index (χ2v) is 4.43. The summed E-state index contributed by atoms with van der Waals surface area (Å²) in [6.07, 6.45) is 0. The number of benzene rings is 1. The highest BCUT2D eigenvalue weighted by molar-refractivity contribution is 14.1. The Morgan fingerprint density at radius 1 is 1.40 bits per heavy atom. The van der Waals surface area contributed by atoms with Gasteiger partial charge in [0.1, 0.15) is 5.82 Å². The molecule has 1 aromatic heterocycles. The van der Waals surface area contributed by atoms with Crippen LogP contribution in [0.2, 0.25) is 0 Å². The van der Waals surface area contributed by atoms with E-state index in [1.165, 1.54) is 0 Å². The van der Waals surface area contributed by atoms with E-state index < -0.39 is 0 Å². The number of nitrogens with two attached hydrogens (primary N) is 1. The van der Waals surface area contributed by atoms with Gasteiger partial charge in [0, 0.05) is 15.7 Å². The number of halogens is 1. The number of aromatic nitrogens is 3. The molecule has 0 aliphatic heterocycles. The van der Waals surface area contributed by atoms with E-state index in [2.05, 4.69) is 43.8 Å². The fourth-order valence-corrected chi connectivity index (χ4v) is 2.07. The molecule has 0 radical (unpaired) electrons. The summed E-state index contributed by atoms with van der Waals surface area (Å²) < 4.78 is 1.15. The highest BCUT2D eigenvalue weighted by atomic mass is 127. The molecule has 0 aliphatic rings. The summed E-state index contributed by atoms with van der Waals surface area (Å²) >= 11 is 2.28. The van der Waals surface area contributed by atoms with Gasteiger partial charge in [0.15, 0.2) is 5.82 Å². The molecule has 0 aliphatic carbocycles. The molecule has 0 bridgehead atoms. The average Bonchev–Trinajstić information content (AvgIpc) is 2.65. The second-order valence-electron chi connectivity index (χ2n) is 3.27. The highest BCUT2D eigenvalue weighted by Crippen LogP contribution is 2.20. The number of nitrogens with one attached hydrogen (secondary N) is 1. The summed E-state index contributed by atoms with van der Waals surface area (Å²) in [5.74, 6) is 1.62. The summed E-state index contributed by atoms with van der Waals surface area (Å²) in [4.78, 5) is 3.10. The lowest BCUT2D eigenvalue weighted by molar-refractivity contribution is 1.04. The van der Waals surface area contributed by atoms with Crippen LogP contribution in [0.15, 0.2) is 18.2 Å². The van der Waals surface area contributed by atoms with E-state index in [1.54, 1.807) is 0 Å². The molecule has 0 fully saturated rings. The van der Waals surface area contributed by atoms with Crippen molar-refractivity contribution in [2.75, 3.05) is 0 Å². The maximum atomic E-state index is 5.60. The Labute approximate surface area is 101 Å². The van der Waals surface area contributed by atoms with Crippen molar-refractivity contribution in [2.45, 2.75) is 13.5 Å². The van der Waals surface area contributed by atoms with Crippen molar-refractivity contribution < 1.29 is 0 Å². The fraction of sp³-hybridized carbons (Fsp3) is 0.200. The lowest BCUT2D eigenvalue weighted by Gasteiger charge is -2.02. The summed E-state index contributed by atoms with van der Waals surface area (Å²) in [6, 6.07) is 6.09. The summed E-state index contributed by atoms with van der Waals surface area (Å²) in [6.45, 7) is 2.45. The normalized spacial score (nSPS) is 10.6. The van der Waals surface area contributed by atoms with E-state index >= 15 is 0 Å². The van der Waals surface area contributed by atoms with Gasteiger partial charge in [0.2, 0.25) is 0 Å². The minimum atomic E-state index is 0.563. The van der Waals surface area contributed by atoms with Gasteiger partial charge in [-0.1, -0.05) is 12.1 Å². The lowest BCUT2D eigenvalue weighted by atomic mass is 10.1. The molecule has 4 nitrogen and oxygen atoms in total. The zero-order valence-electron chi connectivity index (χ0n) is 8.29. The molecule has 3 N–H and O–H groups in total. The second kappa shape index (κ2) is 4.28. The van der Waals surface area contributed by atoms with Gasteiger partial charge in [0.25, 0.3) is 0 Å². The third-order valence-corrected chi connectivity index (χ3v) is 3.15. The van der Waals surface area contributed by atoms with Crippen molar-refractivity contribution in [2.24, 2.45) is 5.73 Å². The molecular formula is C10H11IN4. The van der Waals surface area contributed by atoms with E-state index in [0.29, 0.717) is 6.54 Å². The van der Waals surface area contributed by atoms with Crippen molar-refractivity contribution in [1.82, 2.24) is 15.2 Å². The largest absolute Gasteiger partial charge is 0.326 e. The highest BCUT2D eigenvalue weighted by Gasteiger charge is 2.05. The number of hydrogen-bond donors (Lipinski definition) is 2. The van der Waals surface area contributed by atoms with Gasteiger partial charge in [0.05, 0.1) is 0 Å². The standard InChI is InChI=1S/C10H11IN4/c1-6-13-10(15-14-6)7-2-3-8(5-12)9(11)4-7/h2-4H,5,12H2,1H3,(H,13,14,15). The molecule has 0 saturated carbocycles. The monoisotopic (exact) mass is 314 g/mol. The fourth-order valence-electron chi connectivity index (χ4n) is 1.34. The Balaban J connectivity index is 2.42. The molecular weight excluding hydrogens is 303 g/mol. The Kier molecular flexibility index (Phi) is 3.01. The smallest absolute Gasteiger partial charge is 0.161 e. The molecule has 0 atom stereocenters. The third-order valence-electron chi connectivity index (χ3n) is 2.15. The van der Waals surface area contributed by atoms with Crippen LogP contribution in [0, 0.1) is 10.5 Å². The van der Waals surface area contributed by atoms with Crippen LogP contribution in [0.3, 0.4) is 0 Å². The minimum absolute atomic E-state index is 0.563. The van der Waals surface area contributed by atoms with E-state index in [-0.39, 0.29) is 0 Å². The molecule has 2 rings (SSSR count). The van der Waals surface area contributed by atoms with Crippen molar-refractivity contribution in [3.63, 3.8) is 0 Å². The molecule has 1 heterocycles. The lowest BCUT2D eigenvalue weighted by Crippen LogP contribution is -1.99. The third kappa shape index (κ3) is 2.18. The van der Waals surface area contributed by atoms with Gasteiger partial charge in [-0.25, -0.2) is 0 Å². The van der Waals surface area contributed by atoms with Crippen LogP contribution in [0.25, 0.3) is 11.4 Å². The van der Waals surface area contributed by atoms with Gasteiger partial charge in [-0.3, -0.25) is 0 Å². The number of hydrogen-bond acceptors (Lipinski definition) is 3. The van der Waals surface area contributed by atoms with Crippen LogP contribution >= 0.6 is 22.6 Å². The first-order chi connectivity index (χ1) is 7.20. The predicted molar refractivity (Wildman–Crippen MR) is 67.2 cm³/mol. The SMILES string of the molecule is Cc1nnc(-c2ccc(CN)c(I)c2)[nH]1. The first kappa shape index (κ1) is 10.6. The van der Waals surface area contributed by atoms with Crippen LogP contribution in [0.1, 0.15) is 11.4 Å². The molecule has 5 heteroatoms. The van der Waals surface area contributed by atoms with Crippen LogP contribution in [0.4, 0.5) is 0 Å². The van der Waals surface area contributed by atoms with Crippen molar-refractivity contribution in [3.8, 4) is 11.4 Å². The molecule has 78 valence electrons. The first-order valence-electron chi connectivity index (χ1n) is 4.59. The molecule has 0 saturated heterocycles. The van der Waals surface area contributed by atoms with E-state index in [1.807, 2.05) is 19.1 Å². The minimum Gasteiger partial charge on any atom is -0.326 e. The number of aryl methyl sites for hydroxylation is 1. The Morgan fingerprint density at radius 3 is 2.73 bits per heavy atom. The molecule has 15 heavy (non-hydrogen) atoms. The molecule has 0 amide bonds. The molecule has 0 spiro atoms. The van der Waals surface area contributed by atoms with Gasteiger partial charge in [-0.05, 0) is 41.1 Å². The number of nitrogens with zero attached hydrogens (tertiary/aromatic N) is 2. The quantitative estimate of drug-likeness (QED) is 0.831. The van der Waals surface area contributed by atoms with Gasteiger partial charge < -0.3 is 10.7 Å². The summed E-state index contributed by atoms with van der Waals surface area (Å²) in [5, 5.41) is 7.98. The number of aromatic amines is 1. The van der Waals surface area contributed by atoms with Gasteiger partial charge in [-0.2, -0.15) is 0 Å².